The maximum Gasteiger partial charge on any atom is 0.416 e. The van der Waals surface area contributed by atoms with E-state index in [1.807, 2.05) is 31.2 Å². The van der Waals surface area contributed by atoms with Crippen LogP contribution >= 0.6 is 0 Å². The first-order valence-electron chi connectivity index (χ1n) is 14.6. The van der Waals surface area contributed by atoms with Crippen molar-refractivity contribution in [3.63, 3.8) is 0 Å². The number of aryl methyl sites for hydroxylation is 1. The first-order valence-corrected chi connectivity index (χ1v) is 14.6. The van der Waals surface area contributed by atoms with Gasteiger partial charge in [0.2, 0.25) is 0 Å². The highest BCUT2D eigenvalue weighted by atomic mass is 19.4. The molecule has 0 radical (unpaired) electrons. The largest absolute Gasteiger partial charge is 0.490 e. The number of nitrogens with zero attached hydrogens (tertiary/aromatic N) is 2. The van der Waals surface area contributed by atoms with Crippen LogP contribution in [0, 0.1) is 12.8 Å². The van der Waals surface area contributed by atoms with E-state index in [1.165, 1.54) is 24.4 Å². The van der Waals surface area contributed by atoms with Gasteiger partial charge in [0.05, 0.1) is 17.2 Å². The Kier molecular flexibility index (Phi) is 9.13. The molecule has 3 aromatic rings. The number of alkyl halides is 3. The summed E-state index contributed by atoms with van der Waals surface area (Å²) in [6.07, 6.45) is 0.719. The van der Waals surface area contributed by atoms with Crippen LogP contribution in [-0.4, -0.2) is 52.7 Å². The van der Waals surface area contributed by atoms with Crippen LogP contribution in [-0.2, 0) is 6.18 Å². The van der Waals surface area contributed by atoms with Crippen molar-refractivity contribution in [2.75, 3.05) is 13.1 Å². The number of amides is 2. The molecular weight excluding hydrogens is 559 g/mol. The summed E-state index contributed by atoms with van der Waals surface area (Å²) in [5, 5.41) is 2.98. The number of nitrogens with one attached hydrogen (secondary N) is 1. The molecule has 7 nitrogen and oxygen atoms in total. The summed E-state index contributed by atoms with van der Waals surface area (Å²) in [7, 11) is 0. The van der Waals surface area contributed by atoms with E-state index in [1.54, 1.807) is 11.0 Å². The molecule has 1 saturated heterocycles. The summed E-state index contributed by atoms with van der Waals surface area (Å²) in [6, 6.07) is 15.3. The number of benzene rings is 2. The lowest BCUT2D eigenvalue weighted by Gasteiger charge is -2.31. The van der Waals surface area contributed by atoms with Gasteiger partial charge in [-0.25, -0.2) is 0 Å². The second-order valence-electron chi connectivity index (χ2n) is 11.3. The van der Waals surface area contributed by atoms with E-state index < -0.39 is 11.7 Å². The third kappa shape index (κ3) is 7.60. The highest BCUT2D eigenvalue weighted by Crippen LogP contribution is 2.31. The smallest absolute Gasteiger partial charge is 0.416 e. The standard InChI is InChI=1S/C33H34F3N3O4/c1-21-2-4-22(5-3-21)30(40)23-16-18-39(19-17-23)32(42)24-6-15-29(37-20-24)31(41)38-26-9-13-28(14-10-26)43-27-11-7-25(8-12-27)33(34,35)36/h2-8,11-12,15,20,23,26,28H,9-10,13-14,16-19H2,1H3,(H,38,41)/t26-,28+. The zero-order valence-electron chi connectivity index (χ0n) is 23.9. The van der Waals surface area contributed by atoms with Crippen molar-refractivity contribution in [2.45, 2.75) is 63.8 Å². The van der Waals surface area contributed by atoms with E-state index >= 15 is 0 Å². The van der Waals surface area contributed by atoms with Gasteiger partial charge in [0.15, 0.2) is 5.78 Å². The van der Waals surface area contributed by atoms with E-state index in [9.17, 15) is 27.6 Å². The molecule has 1 aliphatic heterocycles. The van der Waals surface area contributed by atoms with Crippen LogP contribution in [0.1, 0.15) is 80.9 Å². The summed E-state index contributed by atoms with van der Waals surface area (Å²) in [6.45, 7) is 2.94. The first-order chi connectivity index (χ1) is 20.6. The number of ketones is 1. The summed E-state index contributed by atoms with van der Waals surface area (Å²) in [5.41, 5.74) is 1.68. The fraction of sp³-hybridized carbons (Fsp3) is 0.394. The number of rotatable bonds is 7. The van der Waals surface area contributed by atoms with Gasteiger partial charge in [-0.1, -0.05) is 29.8 Å². The monoisotopic (exact) mass is 593 g/mol. The van der Waals surface area contributed by atoms with Crippen LogP contribution in [0.5, 0.6) is 5.75 Å². The number of pyridine rings is 1. The minimum atomic E-state index is -4.39. The van der Waals surface area contributed by atoms with Crippen molar-refractivity contribution >= 4 is 17.6 Å². The number of hydrogen-bond donors (Lipinski definition) is 1. The number of Topliss-reactive ketones (excluding diaryl/α,β-unsaturated/α-hetero) is 1. The van der Waals surface area contributed by atoms with Gasteiger partial charge >= 0.3 is 6.18 Å². The Morgan fingerprint density at radius 3 is 2.05 bits per heavy atom. The van der Waals surface area contributed by atoms with Gasteiger partial charge in [-0.15, -0.1) is 0 Å². The van der Waals surface area contributed by atoms with E-state index in [-0.39, 0.29) is 41.4 Å². The molecule has 2 aliphatic rings. The molecule has 2 heterocycles. The molecule has 5 rings (SSSR count). The minimum Gasteiger partial charge on any atom is -0.490 e. The molecule has 0 unspecified atom stereocenters. The topological polar surface area (TPSA) is 88.6 Å². The highest BCUT2D eigenvalue weighted by Gasteiger charge is 2.31. The molecule has 10 heteroatoms. The van der Waals surface area contributed by atoms with Crippen molar-refractivity contribution in [3.05, 3.63) is 94.8 Å². The summed E-state index contributed by atoms with van der Waals surface area (Å²) in [5.74, 6) is -0.111. The molecule has 1 aromatic heterocycles. The van der Waals surface area contributed by atoms with Gasteiger partial charge in [-0.05, 0) is 81.8 Å². The van der Waals surface area contributed by atoms with Crippen molar-refractivity contribution < 1.29 is 32.3 Å². The molecule has 0 spiro atoms. The molecule has 2 aromatic carbocycles. The lowest BCUT2D eigenvalue weighted by Crippen LogP contribution is -2.40. The van der Waals surface area contributed by atoms with Crippen LogP contribution in [0.3, 0.4) is 0 Å². The average molecular weight is 594 g/mol. The van der Waals surface area contributed by atoms with E-state index in [4.69, 9.17) is 4.74 Å². The fourth-order valence-electron chi connectivity index (χ4n) is 5.63. The Morgan fingerprint density at radius 1 is 0.837 bits per heavy atom. The van der Waals surface area contributed by atoms with Crippen molar-refractivity contribution in [3.8, 4) is 5.75 Å². The number of carbonyl (C=O) groups is 3. The number of likely N-dealkylation sites (tertiary alicyclic amines) is 1. The zero-order chi connectivity index (χ0) is 30.6. The number of halogens is 3. The Morgan fingerprint density at radius 2 is 1.47 bits per heavy atom. The Labute approximate surface area is 248 Å². The maximum absolute atomic E-state index is 13.0. The van der Waals surface area contributed by atoms with Crippen LogP contribution in [0.4, 0.5) is 13.2 Å². The Balaban J connectivity index is 1.06. The van der Waals surface area contributed by atoms with E-state index in [0.29, 0.717) is 68.5 Å². The van der Waals surface area contributed by atoms with Gasteiger partial charge in [0.1, 0.15) is 11.4 Å². The Bertz CT molecular complexity index is 1420. The quantitative estimate of drug-likeness (QED) is 0.327. The van der Waals surface area contributed by atoms with Crippen molar-refractivity contribution in [2.24, 2.45) is 5.92 Å². The average Bonchev–Trinajstić information content (AvgIpc) is 3.01. The normalized spacial score (nSPS) is 19.5. The minimum absolute atomic E-state index is 0.0769. The van der Waals surface area contributed by atoms with Gasteiger partial charge < -0.3 is 15.0 Å². The SMILES string of the molecule is Cc1ccc(C(=O)C2CCN(C(=O)c3ccc(C(=O)N[C@H]4CC[C@@H](Oc5ccc(C(F)(F)F)cc5)CC4)nc3)CC2)cc1. The molecule has 0 bridgehead atoms. The van der Waals surface area contributed by atoms with Crippen LogP contribution in [0.15, 0.2) is 66.9 Å². The molecule has 1 N–H and O–H groups in total. The van der Waals surface area contributed by atoms with Crippen LogP contribution < -0.4 is 10.1 Å². The van der Waals surface area contributed by atoms with E-state index in [2.05, 4.69) is 10.3 Å². The van der Waals surface area contributed by atoms with Crippen molar-refractivity contribution in [1.29, 1.82) is 0 Å². The molecule has 1 saturated carbocycles. The van der Waals surface area contributed by atoms with Gasteiger partial charge in [0, 0.05) is 36.8 Å². The summed E-state index contributed by atoms with van der Waals surface area (Å²) in [4.78, 5) is 44.6. The summed E-state index contributed by atoms with van der Waals surface area (Å²) < 4.78 is 44.1. The molecule has 43 heavy (non-hydrogen) atoms. The highest BCUT2D eigenvalue weighted by molar-refractivity contribution is 5.99. The molecular formula is C33H34F3N3O4. The summed E-state index contributed by atoms with van der Waals surface area (Å²) >= 11 is 0. The number of hydrogen-bond acceptors (Lipinski definition) is 5. The second-order valence-corrected chi connectivity index (χ2v) is 11.3. The van der Waals surface area contributed by atoms with Gasteiger partial charge in [-0.2, -0.15) is 13.2 Å². The molecule has 226 valence electrons. The number of ether oxygens (including phenoxy) is 1. The van der Waals surface area contributed by atoms with Crippen LogP contribution in [0.2, 0.25) is 0 Å². The second kappa shape index (κ2) is 13.0. The molecule has 0 atom stereocenters. The predicted octanol–water partition coefficient (Wildman–Crippen LogP) is 6.26. The molecule has 2 amide bonds. The maximum atomic E-state index is 13.0. The zero-order valence-corrected chi connectivity index (χ0v) is 23.9. The van der Waals surface area contributed by atoms with E-state index in [0.717, 1.165) is 17.7 Å². The number of aromatic nitrogens is 1. The fourth-order valence-corrected chi connectivity index (χ4v) is 5.63. The van der Waals surface area contributed by atoms with Gasteiger partial charge in [0.25, 0.3) is 11.8 Å². The lowest BCUT2D eigenvalue weighted by molar-refractivity contribution is -0.137. The van der Waals surface area contributed by atoms with Crippen LogP contribution in [0.25, 0.3) is 0 Å². The molecule has 1 aliphatic carbocycles. The molecule has 2 fully saturated rings. The predicted molar refractivity (Wildman–Crippen MR) is 154 cm³/mol. The van der Waals surface area contributed by atoms with Gasteiger partial charge in [-0.3, -0.25) is 19.4 Å². The number of piperidine rings is 1. The number of carbonyl (C=O) groups excluding carboxylic acids is 3. The van der Waals surface area contributed by atoms with Crippen molar-refractivity contribution in [1.82, 2.24) is 15.2 Å². The Hall–Kier alpha value is -4.21. The third-order valence-electron chi connectivity index (χ3n) is 8.23. The lowest BCUT2D eigenvalue weighted by atomic mass is 9.88. The first kappa shape index (κ1) is 30.3. The third-order valence-corrected chi connectivity index (χ3v) is 8.23.